The number of methoxy groups -OCH3 is 1. The van der Waals surface area contributed by atoms with Gasteiger partial charge in [-0.05, 0) is 56.8 Å². The maximum atomic E-state index is 11.4. The highest BCUT2D eigenvalue weighted by Crippen LogP contribution is 2.31. The summed E-state index contributed by atoms with van der Waals surface area (Å²) in [5.41, 5.74) is 6.25. The summed E-state index contributed by atoms with van der Waals surface area (Å²) in [4.78, 5) is 23.3. The summed E-state index contributed by atoms with van der Waals surface area (Å²) >= 11 is 0. The predicted molar refractivity (Wildman–Crippen MR) is 125 cm³/mol. The van der Waals surface area contributed by atoms with E-state index in [2.05, 4.69) is 29.4 Å². The zero-order valence-corrected chi connectivity index (χ0v) is 19.0. The summed E-state index contributed by atoms with van der Waals surface area (Å²) in [6, 6.07) is 5.90. The van der Waals surface area contributed by atoms with E-state index in [4.69, 9.17) is 20.4 Å². The fourth-order valence-electron chi connectivity index (χ4n) is 4.26. The number of primary amides is 1. The number of benzene rings is 1. The second kappa shape index (κ2) is 11.1. The van der Waals surface area contributed by atoms with Crippen LogP contribution in [0.4, 0.5) is 11.8 Å². The number of anilines is 2. The maximum Gasteiger partial charge on any atom is 0.225 e. The molecule has 1 aliphatic rings. The summed E-state index contributed by atoms with van der Waals surface area (Å²) in [5.74, 6) is 2.49. The minimum absolute atomic E-state index is 0.0269. The standard InChI is InChI=1S/C23H36N6O2/c1-4-29(5-2)14-13-25-22-18-7-6-8-19(31-3)20(18)27-23(28-22)26-15-16-9-11-17(12-10-16)21(24)30/h6-8,16-17H,4-5,9-15H2,1-3H3,(H2,24,30)(H2,25,26,27,28). The Bertz CT molecular complexity index is 863. The van der Waals surface area contributed by atoms with Crippen molar-refractivity contribution >= 4 is 28.6 Å². The zero-order chi connectivity index (χ0) is 22.2. The molecule has 170 valence electrons. The number of amides is 1. The van der Waals surface area contributed by atoms with Gasteiger partial charge in [0.15, 0.2) is 0 Å². The first kappa shape index (κ1) is 23.1. The number of ether oxygens (including phenoxy) is 1. The molecule has 0 aliphatic heterocycles. The molecule has 1 saturated carbocycles. The quantitative estimate of drug-likeness (QED) is 0.505. The van der Waals surface area contributed by atoms with Gasteiger partial charge in [-0.15, -0.1) is 0 Å². The topological polar surface area (TPSA) is 105 Å². The van der Waals surface area contributed by atoms with Gasteiger partial charge in [-0.1, -0.05) is 19.9 Å². The molecule has 1 aromatic heterocycles. The second-order valence-electron chi connectivity index (χ2n) is 8.21. The van der Waals surface area contributed by atoms with Crippen molar-refractivity contribution in [3.05, 3.63) is 18.2 Å². The molecule has 0 unspecified atom stereocenters. The Morgan fingerprint density at radius 2 is 1.90 bits per heavy atom. The molecule has 8 nitrogen and oxygen atoms in total. The first-order chi connectivity index (χ1) is 15.0. The summed E-state index contributed by atoms with van der Waals surface area (Å²) in [6.45, 7) is 8.95. The molecular formula is C23H36N6O2. The van der Waals surface area contributed by atoms with E-state index >= 15 is 0 Å². The van der Waals surface area contributed by atoms with Gasteiger partial charge in [-0.2, -0.15) is 4.98 Å². The van der Waals surface area contributed by atoms with Crippen LogP contribution < -0.4 is 21.1 Å². The first-order valence-corrected chi connectivity index (χ1v) is 11.4. The Hall–Kier alpha value is -2.61. The Morgan fingerprint density at radius 1 is 1.16 bits per heavy atom. The van der Waals surface area contributed by atoms with Crippen molar-refractivity contribution in [1.29, 1.82) is 0 Å². The molecule has 1 aromatic carbocycles. The van der Waals surface area contributed by atoms with Gasteiger partial charge in [0.05, 0.1) is 7.11 Å². The number of nitrogens with zero attached hydrogens (tertiary/aromatic N) is 3. The smallest absolute Gasteiger partial charge is 0.225 e. The number of aromatic nitrogens is 2. The SMILES string of the molecule is CCN(CC)CCNc1nc(NCC2CCC(C(N)=O)CC2)nc2c(OC)cccc12. The number of carbonyl (C=O) groups excluding carboxylic acids is 1. The Labute approximate surface area is 184 Å². The molecule has 1 fully saturated rings. The van der Waals surface area contributed by atoms with Gasteiger partial charge < -0.3 is 26.0 Å². The molecular weight excluding hydrogens is 392 g/mol. The lowest BCUT2D eigenvalue weighted by molar-refractivity contribution is -0.122. The Morgan fingerprint density at radius 3 is 2.55 bits per heavy atom. The van der Waals surface area contributed by atoms with Crippen LogP contribution in [0.15, 0.2) is 18.2 Å². The van der Waals surface area contributed by atoms with Crippen LogP contribution in [0.3, 0.4) is 0 Å². The van der Waals surface area contributed by atoms with E-state index in [0.717, 1.165) is 80.9 Å². The second-order valence-corrected chi connectivity index (χ2v) is 8.21. The van der Waals surface area contributed by atoms with Crippen molar-refractivity contribution in [3.8, 4) is 5.75 Å². The third-order valence-corrected chi connectivity index (χ3v) is 6.32. The molecule has 0 bridgehead atoms. The van der Waals surface area contributed by atoms with Crippen molar-refractivity contribution < 1.29 is 9.53 Å². The van der Waals surface area contributed by atoms with Gasteiger partial charge in [0.2, 0.25) is 11.9 Å². The molecule has 1 heterocycles. The molecule has 1 amide bonds. The minimum atomic E-state index is -0.170. The first-order valence-electron chi connectivity index (χ1n) is 11.4. The average molecular weight is 429 g/mol. The van der Waals surface area contributed by atoms with Crippen LogP contribution in [-0.2, 0) is 4.79 Å². The van der Waals surface area contributed by atoms with Crippen LogP contribution in [0.5, 0.6) is 5.75 Å². The van der Waals surface area contributed by atoms with Crippen molar-refractivity contribution in [2.75, 3.05) is 50.5 Å². The highest BCUT2D eigenvalue weighted by molar-refractivity contribution is 5.94. The number of nitrogens with two attached hydrogens (primary N) is 1. The van der Waals surface area contributed by atoms with Gasteiger partial charge in [0.25, 0.3) is 0 Å². The Balaban J connectivity index is 1.72. The normalized spacial score (nSPS) is 18.8. The zero-order valence-electron chi connectivity index (χ0n) is 19.0. The van der Waals surface area contributed by atoms with Crippen LogP contribution >= 0.6 is 0 Å². The summed E-state index contributed by atoms with van der Waals surface area (Å²) in [6.07, 6.45) is 3.72. The number of fused-ring (bicyclic) bond motifs is 1. The minimum Gasteiger partial charge on any atom is -0.494 e. The maximum absolute atomic E-state index is 11.4. The van der Waals surface area contributed by atoms with E-state index in [9.17, 15) is 4.79 Å². The van der Waals surface area contributed by atoms with Gasteiger partial charge in [-0.3, -0.25) is 4.79 Å². The van der Waals surface area contributed by atoms with Crippen molar-refractivity contribution in [1.82, 2.24) is 14.9 Å². The van der Waals surface area contributed by atoms with E-state index in [-0.39, 0.29) is 11.8 Å². The fourth-order valence-corrected chi connectivity index (χ4v) is 4.26. The number of hydrogen-bond donors (Lipinski definition) is 3. The van der Waals surface area contributed by atoms with E-state index in [1.807, 2.05) is 18.2 Å². The number of carbonyl (C=O) groups is 1. The Kier molecular flexibility index (Phi) is 8.28. The van der Waals surface area contributed by atoms with Gasteiger partial charge in [-0.25, -0.2) is 4.98 Å². The molecule has 0 radical (unpaired) electrons. The monoisotopic (exact) mass is 428 g/mol. The molecule has 3 rings (SSSR count). The van der Waals surface area contributed by atoms with Crippen LogP contribution in [0.1, 0.15) is 39.5 Å². The molecule has 1 aliphatic carbocycles. The lowest BCUT2D eigenvalue weighted by atomic mass is 9.82. The van der Waals surface area contributed by atoms with Gasteiger partial charge in [0.1, 0.15) is 17.1 Å². The third kappa shape index (κ3) is 5.97. The van der Waals surface area contributed by atoms with Crippen LogP contribution in [0.2, 0.25) is 0 Å². The fraction of sp³-hybridized carbons (Fsp3) is 0.609. The van der Waals surface area contributed by atoms with Crippen LogP contribution in [-0.4, -0.2) is 60.6 Å². The lowest BCUT2D eigenvalue weighted by Crippen LogP contribution is -2.30. The van der Waals surface area contributed by atoms with E-state index in [0.29, 0.717) is 11.9 Å². The van der Waals surface area contributed by atoms with Crippen molar-refractivity contribution in [2.24, 2.45) is 17.6 Å². The average Bonchev–Trinajstić information content (AvgIpc) is 2.80. The molecule has 0 saturated heterocycles. The van der Waals surface area contributed by atoms with Gasteiger partial charge in [0, 0.05) is 30.9 Å². The largest absolute Gasteiger partial charge is 0.494 e. The van der Waals surface area contributed by atoms with Crippen molar-refractivity contribution in [3.63, 3.8) is 0 Å². The molecule has 4 N–H and O–H groups in total. The summed E-state index contributed by atoms with van der Waals surface area (Å²) < 4.78 is 5.55. The highest BCUT2D eigenvalue weighted by Gasteiger charge is 2.24. The lowest BCUT2D eigenvalue weighted by Gasteiger charge is -2.26. The number of rotatable bonds is 11. The summed E-state index contributed by atoms with van der Waals surface area (Å²) in [7, 11) is 1.66. The third-order valence-electron chi connectivity index (χ3n) is 6.32. The van der Waals surface area contributed by atoms with E-state index in [1.54, 1.807) is 7.11 Å². The molecule has 0 atom stereocenters. The van der Waals surface area contributed by atoms with Crippen LogP contribution in [0.25, 0.3) is 10.9 Å². The number of nitrogens with one attached hydrogen (secondary N) is 2. The molecule has 31 heavy (non-hydrogen) atoms. The predicted octanol–water partition coefficient (Wildman–Crippen LogP) is 3.10. The number of likely N-dealkylation sites (N-methyl/N-ethyl adjacent to an activating group) is 1. The van der Waals surface area contributed by atoms with E-state index in [1.165, 1.54) is 0 Å². The molecule has 0 spiro atoms. The van der Waals surface area contributed by atoms with Crippen molar-refractivity contribution in [2.45, 2.75) is 39.5 Å². The van der Waals surface area contributed by atoms with Gasteiger partial charge >= 0.3 is 0 Å². The van der Waals surface area contributed by atoms with E-state index < -0.39 is 0 Å². The summed E-state index contributed by atoms with van der Waals surface area (Å²) in [5, 5.41) is 7.86. The molecule has 8 heteroatoms. The van der Waals surface area contributed by atoms with Crippen LogP contribution in [0, 0.1) is 11.8 Å². The number of hydrogen-bond acceptors (Lipinski definition) is 7. The highest BCUT2D eigenvalue weighted by atomic mass is 16.5. The molecule has 2 aromatic rings. The number of para-hydroxylation sites is 1.